The number of thiophene rings is 2. The Morgan fingerprint density at radius 1 is 0.368 bits per heavy atom. The molecule has 2 heterocycles. The Morgan fingerprint density at radius 3 is 1.63 bits per heavy atom. The Balaban J connectivity index is 1.04. The molecule has 0 saturated heterocycles. The largest absolute Gasteiger partial charge is 0.310 e. The molecule has 1 aliphatic carbocycles. The Bertz CT molecular complexity index is 3320. The molecule has 3 heteroatoms. The van der Waals surface area contributed by atoms with Crippen molar-refractivity contribution in [3.8, 4) is 22.3 Å². The van der Waals surface area contributed by atoms with Crippen LogP contribution in [0.1, 0.15) is 23.6 Å². The van der Waals surface area contributed by atoms with Crippen molar-refractivity contribution in [2.45, 2.75) is 12.3 Å². The smallest absolute Gasteiger partial charge is 0.0468 e. The summed E-state index contributed by atoms with van der Waals surface area (Å²) in [4.78, 5) is 2.44. The maximum Gasteiger partial charge on any atom is 0.0468 e. The predicted octanol–water partition coefficient (Wildman–Crippen LogP) is 16.0. The van der Waals surface area contributed by atoms with E-state index in [0.29, 0.717) is 0 Å². The summed E-state index contributed by atoms with van der Waals surface area (Å²) in [6, 6.07) is 72.3. The van der Waals surface area contributed by atoms with Crippen molar-refractivity contribution in [1.29, 1.82) is 0 Å². The number of hydrogen-bond acceptors (Lipinski definition) is 3. The molecule has 0 N–H and O–H groups in total. The zero-order chi connectivity index (χ0) is 37.7. The Kier molecular flexibility index (Phi) is 7.17. The van der Waals surface area contributed by atoms with Crippen molar-refractivity contribution in [2.24, 2.45) is 0 Å². The number of nitrogens with zero attached hydrogens (tertiary/aromatic N) is 1. The third-order valence-corrected chi connectivity index (χ3v) is 14.6. The molecule has 57 heavy (non-hydrogen) atoms. The van der Waals surface area contributed by atoms with Gasteiger partial charge < -0.3 is 4.90 Å². The van der Waals surface area contributed by atoms with Crippen LogP contribution in [0.5, 0.6) is 0 Å². The van der Waals surface area contributed by atoms with Crippen molar-refractivity contribution >= 4 is 90.9 Å². The van der Waals surface area contributed by atoms with Crippen molar-refractivity contribution in [3.63, 3.8) is 0 Å². The number of hydrogen-bond donors (Lipinski definition) is 0. The van der Waals surface area contributed by atoms with E-state index < -0.39 is 0 Å². The van der Waals surface area contributed by atoms with E-state index in [9.17, 15) is 0 Å². The minimum Gasteiger partial charge on any atom is -0.310 e. The van der Waals surface area contributed by atoms with Crippen LogP contribution in [0.4, 0.5) is 17.1 Å². The van der Waals surface area contributed by atoms with E-state index in [2.05, 4.69) is 206 Å². The van der Waals surface area contributed by atoms with Crippen LogP contribution in [0, 0.1) is 0 Å². The third kappa shape index (κ3) is 4.99. The summed E-state index contributed by atoms with van der Waals surface area (Å²) in [6.07, 6.45) is 0. The molecule has 268 valence electrons. The second-order valence-electron chi connectivity index (χ2n) is 15.4. The lowest BCUT2D eigenvalue weighted by Gasteiger charge is -2.31. The molecular formula is C54H35NS2. The second-order valence-corrected chi connectivity index (χ2v) is 17.6. The summed E-state index contributed by atoms with van der Waals surface area (Å²) in [5, 5.41) is 7.88. The summed E-state index contributed by atoms with van der Waals surface area (Å²) >= 11 is 3.78. The van der Waals surface area contributed by atoms with Crippen LogP contribution in [0.15, 0.2) is 194 Å². The fourth-order valence-corrected chi connectivity index (χ4v) is 11.7. The average molecular weight is 762 g/mol. The van der Waals surface area contributed by atoms with E-state index >= 15 is 0 Å². The molecular weight excluding hydrogens is 727 g/mol. The fourth-order valence-electron chi connectivity index (χ4n) is 9.47. The lowest BCUT2D eigenvalue weighted by molar-refractivity contribution is 0.714. The molecule has 0 atom stereocenters. The van der Waals surface area contributed by atoms with Crippen LogP contribution in [-0.2, 0) is 5.41 Å². The van der Waals surface area contributed by atoms with Crippen LogP contribution < -0.4 is 4.90 Å². The van der Waals surface area contributed by atoms with E-state index in [1.165, 1.54) is 90.1 Å². The van der Waals surface area contributed by atoms with Gasteiger partial charge in [-0.25, -0.2) is 0 Å². The molecule has 11 aromatic rings. The van der Waals surface area contributed by atoms with Gasteiger partial charge in [-0.05, 0) is 129 Å². The average Bonchev–Trinajstić information content (AvgIpc) is 3.90. The van der Waals surface area contributed by atoms with Crippen LogP contribution in [0.25, 0.3) is 73.4 Å². The van der Waals surface area contributed by atoms with Crippen LogP contribution in [0.3, 0.4) is 0 Å². The standard InChI is InChI=1S/C54H35NS2/c1-54(48-19-8-5-16-42(48)43-17-6-9-20-49(43)54)38-14-11-15-40(32-38)55(39-24-22-35(23-25-39)34-12-3-2-4-13-34)41-26-27-51-47(33-41)46-29-37-30-52-45(28-36(37)31-53(46)57-51)44-18-7-10-21-50(44)56-52/h2-33H,1H3. The Hall–Kier alpha value is -6.52. The molecule has 0 spiro atoms. The predicted molar refractivity (Wildman–Crippen MR) is 247 cm³/mol. The molecule has 1 aliphatic rings. The maximum atomic E-state index is 2.44. The summed E-state index contributed by atoms with van der Waals surface area (Å²) in [7, 11) is 0. The van der Waals surface area contributed by atoms with Gasteiger partial charge in [0.25, 0.3) is 0 Å². The number of benzene rings is 9. The number of fused-ring (bicyclic) bond motifs is 10. The molecule has 0 saturated carbocycles. The Morgan fingerprint density at radius 2 is 0.912 bits per heavy atom. The van der Waals surface area contributed by atoms with Crippen LogP contribution >= 0.6 is 22.7 Å². The van der Waals surface area contributed by atoms with E-state index in [1.54, 1.807) is 0 Å². The van der Waals surface area contributed by atoms with Gasteiger partial charge in [-0.3, -0.25) is 0 Å². The highest BCUT2D eigenvalue weighted by atomic mass is 32.1. The lowest BCUT2D eigenvalue weighted by atomic mass is 9.74. The normalized spacial score (nSPS) is 13.1. The highest BCUT2D eigenvalue weighted by Crippen LogP contribution is 2.53. The van der Waals surface area contributed by atoms with Crippen molar-refractivity contribution in [1.82, 2.24) is 0 Å². The van der Waals surface area contributed by atoms with Gasteiger partial charge in [0.05, 0.1) is 0 Å². The summed E-state index contributed by atoms with van der Waals surface area (Å²) < 4.78 is 5.31. The molecule has 12 rings (SSSR count). The van der Waals surface area contributed by atoms with Gasteiger partial charge in [-0.15, -0.1) is 22.7 Å². The number of rotatable bonds is 5. The first kappa shape index (κ1) is 32.7. The highest BCUT2D eigenvalue weighted by Gasteiger charge is 2.40. The summed E-state index contributed by atoms with van der Waals surface area (Å²) in [5.41, 5.74) is 12.2. The topological polar surface area (TPSA) is 3.24 Å². The van der Waals surface area contributed by atoms with Gasteiger partial charge in [-0.2, -0.15) is 0 Å². The summed E-state index contributed by atoms with van der Waals surface area (Å²) in [5.74, 6) is 0. The molecule has 1 nitrogen and oxygen atoms in total. The highest BCUT2D eigenvalue weighted by molar-refractivity contribution is 7.26. The fraction of sp³-hybridized carbons (Fsp3) is 0.0370. The minimum atomic E-state index is -0.291. The molecule has 2 aromatic heterocycles. The van der Waals surface area contributed by atoms with Crippen LogP contribution in [0.2, 0.25) is 0 Å². The van der Waals surface area contributed by atoms with E-state index in [4.69, 9.17) is 0 Å². The van der Waals surface area contributed by atoms with Gasteiger partial charge >= 0.3 is 0 Å². The molecule has 9 aromatic carbocycles. The molecule has 0 amide bonds. The second kappa shape index (κ2) is 12.5. The van der Waals surface area contributed by atoms with Gasteiger partial charge in [0.2, 0.25) is 0 Å². The quantitative estimate of drug-likeness (QED) is 0.169. The van der Waals surface area contributed by atoms with Gasteiger partial charge in [0.15, 0.2) is 0 Å². The zero-order valence-corrected chi connectivity index (χ0v) is 32.9. The maximum absolute atomic E-state index is 2.44. The number of anilines is 3. The van der Waals surface area contributed by atoms with Crippen LogP contribution in [-0.4, -0.2) is 0 Å². The van der Waals surface area contributed by atoms with Gasteiger partial charge in [-0.1, -0.05) is 121 Å². The minimum absolute atomic E-state index is 0.291. The molecule has 0 bridgehead atoms. The summed E-state index contributed by atoms with van der Waals surface area (Å²) in [6.45, 7) is 2.40. The SMILES string of the molecule is CC1(c2cccc(N(c3ccc(-c4ccccc4)cc3)c3ccc4sc5cc6cc7c(cc6cc5c4c3)sc3ccccc37)c2)c2ccccc2-c2ccccc21. The molecule has 0 fully saturated rings. The zero-order valence-electron chi connectivity index (χ0n) is 31.2. The molecule has 0 radical (unpaired) electrons. The van der Waals surface area contributed by atoms with E-state index in [0.717, 1.165) is 17.1 Å². The first-order valence-corrected chi connectivity index (χ1v) is 21.2. The first-order valence-electron chi connectivity index (χ1n) is 19.6. The van der Waals surface area contributed by atoms with Crippen molar-refractivity contribution in [3.05, 3.63) is 211 Å². The van der Waals surface area contributed by atoms with Crippen molar-refractivity contribution < 1.29 is 0 Å². The first-order chi connectivity index (χ1) is 28.1. The Labute approximate surface area is 339 Å². The van der Waals surface area contributed by atoms with E-state index in [1.807, 2.05) is 22.7 Å². The lowest BCUT2D eigenvalue weighted by Crippen LogP contribution is -2.23. The third-order valence-electron chi connectivity index (χ3n) is 12.3. The molecule has 0 aliphatic heterocycles. The monoisotopic (exact) mass is 761 g/mol. The van der Waals surface area contributed by atoms with Crippen molar-refractivity contribution in [2.75, 3.05) is 4.90 Å². The van der Waals surface area contributed by atoms with E-state index in [-0.39, 0.29) is 5.41 Å². The van der Waals surface area contributed by atoms with Gasteiger partial charge in [0.1, 0.15) is 0 Å². The van der Waals surface area contributed by atoms with Gasteiger partial charge in [0, 0.05) is 62.8 Å². The molecule has 0 unspecified atom stereocenters.